The van der Waals surface area contributed by atoms with Gasteiger partial charge < -0.3 is 19.9 Å². The zero-order chi connectivity index (χ0) is 27.2. The minimum absolute atomic E-state index is 0.00503. The first kappa shape index (κ1) is 25.9. The van der Waals surface area contributed by atoms with Gasteiger partial charge in [0, 0.05) is 25.4 Å². The highest BCUT2D eigenvalue weighted by Crippen LogP contribution is 2.51. The largest absolute Gasteiger partial charge is 0.454 e. The summed E-state index contributed by atoms with van der Waals surface area (Å²) in [7, 11) is -3.63. The van der Waals surface area contributed by atoms with E-state index in [1.807, 2.05) is 55.5 Å². The predicted octanol–water partition coefficient (Wildman–Crippen LogP) is 4.45. The van der Waals surface area contributed by atoms with Crippen LogP contribution in [0.3, 0.4) is 0 Å². The van der Waals surface area contributed by atoms with Gasteiger partial charge in [0.2, 0.25) is 22.7 Å². The summed E-state index contributed by atoms with van der Waals surface area (Å²) >= 11 is 0. The van der Waals surface area contributed by atoms with Gasteiger partial charge in [0.15, 0.2) is 11.5 Å². The molecule has 2 N–H and O–H groups in total. The number of nitrogens with zero attached hydrogens (tertiary/aromatic N) is 1. The minimum Gasteiger partial charge on any atom is -0.454 e. The van der Waals surface area contributed by atoms with E-state index >= 15 is 0 Å². The highest BCUT2D eigenvalue weighted by atomic mass is 32.2. The van der Waals surface area contributed by atoms with E-state index in [0.29, 0.717) is 30.3 Å². The lowest BCUT2D eigenvalue weighted by atomic mass is 9.94. The number of aryl methyl sites for hydroxylation is 1. The van der Waals surface area contributed by atoms with Crippen molar-refractivity contribution in [2.75, 3.05) is 31.8 Å². The van der Waals surface area contributed by atoms with Crippen LogP contribution in [0.15, 0.2) is 65.6 Å². The highest BCUT2D eigenvalue weighted by Gasteiger charge is 2.51. The Labute approximate surface area is 228 Å². The predicted molar refractivity (Wildman–Crippen MR) is 147 cm³/mol. The number of anilines is 1. The molecule has 1 unspecified atom stereocenters. The molecule has 3 aromatic rings. The van der Waals surface area contributed by atoms with E-state index in [-0.39, 0.29) is 30.1 Å². The second kappa shape index (κ2) is 9.97. The second-order valence-corrected chi connectivity index (χ2v) is 12.7. The van der Waals surface area contributed by atoms with E-state index in [9.17, 15) is 18.3 Å². The molecule has 8 nitrogen and oxygen atoms in total. The highest BCUT2D eigenvalue weighted by molar-refractivity contribution is 7.89. The van der Waals surface area contributed by atoms with Crippen LogP contribution in [0.4, 0.5) is 5.69 Å². The Morgan fingerprint density at radius 1 is 1.05 bits per heavy atom. The number of rotatable bonds is 7. The summed E-state index contributed by atoms with van der Waals surface area (Å²) in [5.41, 5.74) is 3.84. The Balaban J connectivity index is 1.20. The number of fused-ring (bicyclic) bond motifs is 1. The molecule has 0 radical (unpaired) electrons. The first-order valence-corrected chi connectivity index (χ1v) is 14.8. The minimum atomic E-state index is -3.63. The van der Waals surface area contributed by atoms with Crippen LogP contribution in [-0.2, 0) is 20.2 Å². The molecule has 1 atom stereocenters. The average molecular weight is 549 g/mol. The van der Waals surface area contributed by atoms with E-state index in [1.165, 1.54) is 4.31 Å². The summed E-state index contributed by atoms with van der Waals surface area (Å²) < 4.78 is 38.8. The van der Waals surface area contributed by atoms with Crippen molar-refractivity contribution < 1.29 is 27.8 Å². The van der Waals surface area contributed by atoms with Gasteiger partial charge in [-0.05, 0) is 97.2 Å². The summed E-state index contributed by atoms with van der Waals surface area (Å²) in [6.45, 7) is 2.99. The number of piperidine rings is 1. The molecule has 39 heavy (non-hydrogen) atoms. The Bertz CT molecular complexity index is 1510. The lowest BCUT2D eigenvalue weighted by Crippen LogP contribution is -2.40. The van der Waals surface area contributed by atoms with Crippen LogP contribution >= 0.6 is 0 Å². The molecule has 1 saturated carbocycles. The number of amides is 1. The van der Waals surface area contributed by atoms with Crippen molar-refractivity contribution in [2.24, 2.45) is 5.92 Å². The maximum absolute atomic E-state index is 13.4. The second-order valence-electron chi connectivity index (χ2n) is 10.7. The molecule has 0 spiro atoms. The van der Waals surface area contributed by atoms with Crippen molar-refractivity contribution in [3.8, 4) is 22.6 Å². The van der Waals surface area contributed by atoms with Gasteiger partial charge in [-0.1, -0.05) is 24.3 Å². The van der Waals surface area contributed by atoms with E-state index in [4.69, 9.17) is 9.47 Å². The third-order valence-corrected chi connectivity index (χ3v) is 10.0. The third-order valence-electron chi connectivity index (χ3n) is 8.15. The number of carbonyl (C=O) groups is 1. The molecule has 1 aliphatic carbocycles. The molecule has 2 fully saturated rings. The SMILES string of the molecule is Cc1ccc(NC(=O)C2(c3ccc4c(c3)OCO4)CC2)cc1-c1ccc(S(=O)(=O)N2CCCC(CO)C2)cc1. The van der Waals surface area contributed by atoms with Crippen LogP contribution in [0.25, 0.3) is 11.1 Å². The molecule has 3 aromatic carbocycles. The summed E-state index contributed by atoms with van der Waals surface area (Å²) in [4.78, 5) is 13.7. The number of hydrogen-bond donors (Lipinski definition) is 2. The number of hydrogen-bond acceptors (Lipinski definition) is 6. The molecule has 1 saturated heterocycles. The molecular weight excluding hydrogens is 516 g/mol. The van der Waals surface area contributed by atoms with Crippen molar-refractivity contribution in [1.82, 2.24) is 4.31 Å². The third kappa shape index (κ3) is 4.79. The molecule has 1 amide bonds. The molecular formula is C30H32N2O6S. The Hall–Kier alpha value is -3.40. The van der Waals surface area contributed by atoms with Gasteiger partial charge in [-0.15, -0.1) is 0 Å². The van der Waals surface area contributed by atoms with Crippen LogP contribution in [0, 0.1) is 12.8 Å². The molecule has 9 heteroatoms. The fourth-order valence-corrected chi connectivity index (χ4v) is 7.13. The molecule has 0 aromatic heterocycles. The van der Waals surface area contributed by atoms with Crippen LogP contribution in [0.2, 0.25) is 0 Å². The number of ether oxygens (including phenoxy) is 2. The number of aliphatic hydroxyl groups is 1. The Kier molecular flexibility index (Phi) is 6.61. The molecule has 2 aliphatic heterocycles. The van der Waals surface area contributed by atoms with Gasteiger partial charge in [-0.2, -0.15) is 4.31 Å². The topological polar surface area (TPSA) is 105 Å². The number of benzene rings is 3. The van der Waals surface area contributed by atoms with E-state index in [1.54, 1.807) is 12.1 Å². The van der Waals surface area contributed by atoms with Gasteiger partial charge >= 0.3 is 0 Å². The first-order chi connectivity index (χ1) is 18.8. The first-order valence-electron chi connectivity index (χ1n) is 13.3. The van der Waals surface area contributed by atoms with E-state index in [0.717, 1.165) is 47.9 Å². The quantitative estimate of drug-likeness (QED) is 0.452. The van der Waals surface area contributed by atoms with Gasteiger partial charge in [0.25, 0.3) is 0 Å². The Morgan fingerprint density at radius 2 is 1.82 bits per heavy atom. The fourth-order valence-electron chi connectivity index (χ4n) is 5.58. The average Bonchev–Trinajstić information content (AvgIpc) is 3.64. The lowest BCUT2D eigenvalue weighted by Gasteiger charge is -2.31. The van der Waals surface area contributed by atoms with Crippen molar-refractivity contribution in [1.29, 1.82) is 0 Å². The molecule has 0 bridgehead atoms. The number of carbonyl (C=O) groups excluding carboxylic acids is 1. The summed E-state index contributed by atoms with van der Waals surface area (Å²) in [6, 6.07) is 18.4. The molecule has 2 heterocycles. The van der Waals surface area contributed by atoms with Gasteiger partial charge in [0.05, 0.1) is 10.3 Å². The molecule has 6 rings (SSSR count). The zero-order valence-corrected chi connectivity index (χ0v) is 22.7. The van der Waals surface area contributed by atoms with Gasteiger partial charge in [-0.25, -0.2) is 8.42 Å². The van der Waals surface area contributed by atoms with Crippen molar-refractivity contribution in [3.05, 3.63) is 71.8 Å². The van der Waals surface area contributed by atoms with Crippen LogP contribution < -0.4 is 14.8 Å². The number of sulfonamides is 1. The van der Waals surface area contributed by atoms with Crippen LogP contribution in [0.5, 0.6) is 11.5 Å². The van der Waals surface area contributed by atoms with E-state index in [2.05, 4.69) is 5.32 Å². The fraction of sp³-hybridized carbons (Fsp3) is 0.367. The monoisotopic (exact) mass is 548 g/mol. The summed E-state index contributed by atoms with van der Waals surface area (Å²) in [6.07, 6.45) is 3.12. The van der Waals surface area contributed by atoms with Crippen molar-refractivity contribution in [3.63, 3.8) is 0 Å². The number of nitrogens with one attached hydrogen (secondary N) is 1. The van der Waals surface area contributed by atoms with Crippen LogP contribution in [0.1, 0.15) is 36.8 Å². The van der Waals surface area contributed by atoms with Crippen molar-refractivity contribution in [2.45, 2.75) is 42.9 Å². The normalized spacial score (nSPS) is 20.0. The smallest absolute Gasteiger partial charge is 0.243 e. The van der Waals surface area contributed by atoms with Crippen LogP contribution in [-0.4, -0.2) is 50.2 Å². The molecule has 204 valence electrons. The molecule has 3 aliphatic rings. The Morgan fingerprint density at radius 3 is 2.56 bits per heavy atom. The summed E-state index contributed by atoms with van der Waals surface area (Å²) in [5, 5.41) is 12.6. The maximum Gasteiger partial charge on any atom is 0.243 e. The van der Waals surface area contributed by atoms with Crippen molar-refractivity contribution >= 4 is 21.6 Å². The van der Waals surface area contributed by atoms with Gasteiger partial charge in [-0.3, -0.25) is 4.79 Å². The van der Waals surface area contributed by atoms with E-state index < -0.39 is 15.4 Å². The summed E-state index contributed by atoms with van der Waals surface area (Å²) in [5.74, 6) is 1.29. The zero-order valence-electron chi connectivity index (χ0n) is 21.9. The standard InChI is InChI=1S/C30H32N2O6S/c1-20-4-8-24(31-29(34)30(12-13-30)23-7-11-27-28(15-23)38-19-37-27)16-26(20)22-5-9-25(10-6-22)39(35,36)32-14-2-3-21(17-32)18-33/h4-11,15-16,21,33H,2-3,12-14,17-19H2,1H3,(H,31,34). The maximum atomic E-state index is 13.4. The number of aliphatic hydroxyl groups excluding tert-OH is 1. The lowest BCUT2D eigenvalue weighted by molar-refractivity contribution is -0.118. The van der Waals surface area contributed by atoms with Gasteiger partial charge in [0.1, 0.15) is 0 Å².